The van der Waals surface area contributed by atoms with Crippen LogP contribution < -0.4 is 10.6 Å². The summed E-state index contributed by atoms with van der Waals surface area (Å²) in [5.74, 6) is 0.378. The number of unbranched alkanes of at least 4 members (excludes halogenated alkanes) is 1. The first-order valence-corrected chi connectivity index (χ1v) is 7.88. The fourth-order valence-corrected chi connectivity index (χ4v) is 2.48. The molecular formula is C15H30N2O2. The molecule has 1 fully saturated rings. The van der Waals surface area contributed by atoms with Crippen LogP contribution in [-0.4, -0.2) is 38.3 Å². The maximum Gasteiger partial charge on any atom is 0.223 e. The third-order valence-corrected chi connectivity index (χ3v) is 3.81. The van der Waals surface area contributed by atoms with Crippen LogP contribution in [0.2, 0.25) is 0 Å². The molecule has 1 rings (SSSR count). The van der Waals surface area contributed by atoms with Crippen molar-refractivity contribution >= 4 is 5.91 Å². The van der Waals surface area contributed by atoms with E-state index in [1.165, 1.54) is 0 Å². The van der Waals surface area contributed by atoms with Gasteiger partial charge in [0.05, 0.1) is 12.7 Å². The Kier molecular flexibility index (Phi) is 8.84. The molecule has 1 aliphatic heterocycles. The van der Waals surface area contributed by atoms with E-state index in [0.29, 0.717) is 19.3 Å². The lowest BCUT2D eigenvalue weighted by Crippen LogP contribution is -2.36. The van der Waals surface area contributed by atoms with Crippen LogP contribution in [0.3, 0.4) is 0 Å². The average Bonchev–Trinajstić information content (AvgIpc) is 2.45. The predicted molar refractivity (Wildman–Crippen MR) is 78.2 cm³/mol. The Labute approximate surface area is 117 Å². The molecule has 1 amide bonds. The molecule has 0 aromatic carbocycles. The van der Waals surface area contributed by atoms with E-state index in [0.717, 1.165) is 51.6 Å². The van der Waals surface area contributed by atoms with Gasteiger partial charge in [-0.1, -0.05) is 26.7 Å². The zero-order chi connectivity index (χ0) is 13.9. The highest BCUT2D eigenvalue weighted by Gasteiger charge is 2.16. The summed E-state index contributed by atoms with van der Waals surface area (Å²) in [4.78, 5) is 12.0. The highest BCUT2D eigenvalue weighted by Crippen LogP contribution is 2.12. The molecule has 4 nitrogen and oxygen atoms in total. The molecule has 0 aromatic heterocycles. The number of piperidine rings is 1. The minimum Gasteiger partial charge on any atom is -0.376 e. The van der Waals surface area contributed by atoms with Crippen LogP contribution in [0.4, 0.5) is 0 Å². The molecule has 4 heteroatoms. The van der Waals surface area contributed by atoms with Crippen LogP contribution in [0, 0.1) is 5.92 Å². The van der Waals surface area contributed by atoms with Crippen LogP contribution in [0.5, 0.6) is 0 Å². The topological polar surface area (TPSA) is 50.4 Å². The lowest BCUT2D eigenvalue weighted by atomic mass is 9.98. The molecule has 19 heavy (non-hydrogen) atoms. The van der Waals surface area contributed by atoms with Gasteiger partial charge in [-0.2, -0.15) is 0 Å². The Morgan fingerprint density at radius 2 is 2.11 bits per heavy atom. The molecule has 0 aromatic rings. The first kappa shape index (κ1) is 16.4. The molecule has 0 bridgehead atoms. The van der Waals surface area contributed by atoms with Gasteiger partial charge >= 0.3 is 0 Å². The van der Waals surface area contributed by atoms with Gasteiger partial charge < -0.3 is 15.4 Å². The van der Waals surface area contributed by atoms with E-state index in [-0.39, 0.29) is 11.8 Å². The second-order valence-electron chi connectivity index (χ2n) is 5.36. The van der Waals surface area contributed by atoms with Gasteiger partial charge in [0, 0.05) is 12.5 Å². The third kappa shape index (κ3) is 6.92. The van der Waals surface area contributed by atoms with Crippen molar-refractivity contribution in [1.29, 1.82) is 0 Å². The standard InChI is InChI=1S/C15H30N2O2/c1-3-5-6-13(4-2)15(18)17-11-12-19-14-7-9-16-10-8-14/h13-14,16H,3-12H2,1-2H3,(H,17,18). The summed E-state index contributed by atoms with van der Waals surface area (Å²) >= 11 is 0. The molecule has 0 aliphatic carbocycles. The lowest BCUT2D eigenvalue weighted by Gasteiger charge is -2.23. The summed E-state index contributed by atoms with van der Waals surface area (Å²) in [6.07, 6.45) is 6.78. The first-order valence-electron chi connectivity index (χ1n) is 7.88. The minimum absolute atomic E-state index is 0.179. The number of carbonyl (C=O) groups excluding carboxylic acids is 1. The van der Waals surface area contributed by atoms with Crippen molar-refractivity contribution < 1.29 is 9.53 Å². The summed E-state index contributed by atoms with van der Waals surface area (Å²) in [5, 5.41) is 6.32. The largest absolute Gasteiger partial charge is 0.376 e. The van der Waals surface area contributed by atoms with Gasteiger partial charge in [0.2, 0.25) is 5.91 Å². The Morgan fingerprint density at radius 3 is 2.74 bits per heavy atom. The van der Waals surface area contributed by atoms with E-state index in [4.69, 9.17) is 4.74 Å². The number of amides is 1. The number of nitrogens with one attached hydrogen (secondary N) is 2. The van der Waals surface area contributed by atoms with Gasteiger partial charge in [0.25, 0.3) is 0 Å². The maximum absolute atomic E-state index is 12.0. The van der Waals surface area contributed by atoms with Crippen molar-refractivity contribution in [3.8, 4) is 0 Å². The SMILES string of the molecule is CCCCC(CC)C(=O)NCCOC1CCNCC1. The average molecular weight is 270 g/mol. The van der Waals surface area contributed by atoms with E-state index in [2.05, 4.69) is 24.5 Å². The van der Waals surface area contributed by atoms with Crippen LogP contribution in [0.25, 0.3) is 0 Å². The molecule has 0 saturated carbocycles. The maximum atomic E-state index is 12.0. The Morgan fingerprint density at radius 1 is 1.37 bits per heavy atom. The van der Waals surface area contributed by atoms with Crippen molar-refractivity contribution in [3.63, 3.8) is 0 Å². The molecule has 1 heterocycles. The highest BCUT2D eigenvalue weighted by molar-refractivity contribution is 5.78. The molecule has 112 valence electrons. The van der Waals surface area contributed by atoms with Crippen LogP contribution in [0.1, 0.15) is 52.4 Å². The van der Waals surface area contributed by atoms with Crippen LogP contribution in [-0.2, 0) is 9.53 Å². The Hall–Kier alpha value is -0.610. The summed E-state index contributed by atoms with van der Waals surface area (Å²) in [6.45, 7) is 7.63. The number of ether oxygens (including phenoxy) is 1. The molecular weight excluding hydrogens is 240 g/mol. The van der Waals surface area contributed by atoms with Crippen LogP contribution >= 0.6 is 0 Å². The minimum atomic E-state index is 0.179. The quantitative estimate of drug-likeness (QED) is 0.631. The highest BCUT2D eigenvalue weighted by atomic mass is 16.5. The van der Waals surface area contributed by atoms with Gasteiger partial charge in [-0.15, -0.1) is 0 Å². The molecule has 2 N–H and O–H groups in total. The fourth-order valence-electron chi connectivity index (χ4n) is 2.48. The molecule has 1 saturated heterocycles. The van der Waals surface area contributed by atoms with Crippen molar-refractivity contribution in [1.82, 2.24) is 10.6 Å². The second kappa shape index (κ2) is 10.2. The lowest BCUT2D eigenvalue weighted by molar-refractivity contribution is -0.125. The van der Waals surface area contributed by atoms with Crippen molar-refractivity contribution in [3.05, 3.63) is 0 Å². The third-order valence-electron chi connectivity index (χ3n) is 3.81. The first-order chi connectivity index (χ1) is 9.27. The van der Waals surface area contributed by atoms with Crippen molar-refractivity contribution in [2.45, 2.75) is 58.5 Å². The smallest absolute Gasteiger partial charge is 0.223 e. The van der Waals surface area contributed by atoms with E-state index in [1.54, 1.807) is 0 Å². The van der Waals surface area contributed by atoms with E-state index in [9.17, 15) is 4.79 Å². The van der Waals surface area contributed by atoms with Gasteiger partial charge in [-0.05, 0) is 38.8 Å². The molecule has 1 unspecified atom stereocenters. The fraction of sp³-hybridized carbons (Fsp3) is 0.933. The van der Waals surface area contributed by atoms with Crippen molar-refractivity contribution in [2.24, 2.45) is 5.92 Å². The molecule has 1 aliphatic rings. The number of hydrogen-bond donors (Lipinski definition) is 2. The summed E-state index contributed by atoms with van der Waals surface area (Å²) < 4.78 is 5.77. The number of carbonyl (C=O) groups is 1. The van der Waals surface area contributed by atoms with Gasteiger partial charge in [-0.25, -0.2) is 0 Å². The monoisotopic (exact) mass is 270 g/mol. The summed E-state index contributed by atoms with van der Waals surface area (Å²) in [6, 6.07) is 0. The Bertz CT molecular complexity index is 240. The van der Waals surface area contributed by atoms with E-state index >= 15 is 0 Å². The normalized spacial score (nSPS) is 18.2. The van der Waals surface area contributed by atoms with Gasteiger partial charge in [0.15, 0.2) is 0 Å². The van der Waals surface area contributed by atoms with Gasteiger partial charge in [0.1, 0.15) is 0 Å². The zero-order valence-electron chi connectivity index (χ0n) is 12.5. The summed E-state index contributed by atoms with van der Waals surface area (Å²) in [7, 11) is 0. The van der Waals surface area contributed by atoms with Gasteiger partial charge in [-0.3, -0.25) is 4.79 Å². The number of rotatable bonds is 9. The number of hydrogen-bond acceptors (Lipinski definition) is 3. The van der Waals surface area contributed by atoms with Crippen LogP contribution in [0.15, 0.2) is 0 Å². The Balaban J connectivity index is 2.07. The van der Waals surface area contributed by atoms with E-state index < -0.39 is 0 Å². The van der Waals surface area contributed by atoms with Crippen molar-refractivity contribution in [2.75, 3.05) is 26.2 Å². The second-order valence-corrected chi connectivity index (χ2v) is 5.36. The van der Waals surface area contributed by atoms with E-state index in [1.807, 2.05) is 0 Å². The molecule has 0 radical (unpaired) electrons. The molecule has 0 spiro atoms. The summed E-state index contributed by atoms with van der Waals surface area (Å²) in [5.41, 5.74) is 0. The predicted octanol–water partition coefficient (Wildman–Crippen LogP) is 2.09. The zero-order valence-corrected chi connectivity index (χ0v) is 12.5. The molecule has 1 atom stereocenters.